The zero-order valence-corrected chi connectivity index (χ0v) is 7.21. The lowest BCUT2D eigenvalue weighted by Gasteiger charge is -2.15. The molecule has 0 spiro atoms. The second kappa shape index (κ2) is 2.23. The van der Waals surface area contributed by atoms with Gasteiger partial charge < -0.3 is 4.90 Å². The summed E-state index contributed by atoms with van der Waals surface area (Å²) in [7, 11) is 1.95. The topological polar surface area (TPSA) is 20.3 Å². The number of nitrogens with zero attached hydrogens (tertiary/aromatic N) is 1. The molecule has 0 aliphatic heterocycles. The van der Waals surface area contributed by atoms with Crippen LogP contribution in [0.3, 0.4) is 0 Å². The molecule has 0 unspecified atom stereocenters. The molecule has 2 aliphatic carbocycles. The zero-order chi connectivity index (χ0) is 8.01. The molecule has 0 bridgehead atoms. The van der Waals surface area contributed by atoms with Gasteiger partial charge in [-0.1, -0.05) is 6.92 Å². The van der Waals surface area contributed by atoms with Crippen LogP contribution in [-0.4, -0.2) is 23.9 Å². The highest BCUT2D eigenvalue weighted by Gasteiger charge is 2.43. The molecule has 2 rings (SSSR count). The average Bonchev–Trinajstić information content (AvgIpc) is 2.76. The van der Waals surface area contributed by atoms with Gasteiger partial charge in [0.2, 0.25) is 5.91 Å². The first-order chi connectivity index (χ1) is 5.20. The summed E-state index contributed by atoms with van der Waals surface area (Å²) in [5.41, 5.74) is 0. The Morgan fingerprint density at radius 3 is 2.36 bits per heavy atom. The maximum atomic E-state index is 11.5. The fraction of sp³-hybridized carbons (Fsp3) is 0.889. The number of carbonyl (C=O) groups is 1. The Kier molecular flexibility index (Phi) is 1.44. The van der Waals surface area contributed by atoms with Gasteiger partial charge in [-0.2, -0.15) is 0 Å². The first-order valence-electron chi connectivity index (χ1n) is 4.47. The average molecular weight is 153 g/mol. The van der Waals surface area contributed by atoms with Gasteiger partial charge in [0.1, 0.15) is 0 Å². The van der Waals surface area contributed by atoms with Crippen LogP contribution >= 0.6 is 0 Å². The second-order valence-corrected chi connectivity index (χ2v) is 4.00. The van der Waals surface area contributed by atoms with Gasteiger partial charge in [0, 0.05) is 19.0 Å². The van der Waals surface area contributed by atoms with Crippen LogP contribution in [-0.2, 0) is 4.79 Å². The summed E-state index contributed by atoms with van der Waals surface area (Å²) < 4.78 is 0. The van der Waals surface area contributed by atoms with Crippen LogP contribution in [0.2, 0.25) is 0 Å². The first kappa shape index (κ1) is 7.14. The first-order valence-corrected chi connectivity index (χ1v) is 4.47. The Hall–Kier alpha value is -0.530. The lowest BCUT2D eigenvalue weighted by Crippen LogP contribution is -2.30. The van der Waals surface area contributed by atoms with Crippen LogP contribution in [0.1, 0.15) is 26.2 Å². The molecule has 2 heteroatoms. The summed E-state index contributed by atoms with van der Waals surface area (Å²) in [6.45, 7) is 2.16. The Bertz CT molecular complexity index is 186. The molecule has 2 nitrogen and oxygen atoms in total. The van der Waals surface area contributed by atoms with E-state index in [9.17, 15) is 4.79 Å². The van der Waals surface area contributed by atoms with E-state index in [4.69, 9.17) is 0 Å². The van der Waals surface area contributed by atoms with Crippen molar-refractivity contribution in [3.05, 3.63) is 0 Å². The van der Waals surface area contributed by atoms with Gasteiger partial charge >= 0.3 is 0 Å². The Morgan fingerprint density at radius 1 is 1.45 bits per heavy atom. The minimum Gasteiger partial charge on any atom is -0.343 e. The maximum Gasteiger partial charge on any atom is 0.225 e. The predicted octanol–water partition coefficient (Wildman–Crippen LogP) is 1.26. The van der Waals surface area contributed by atoms with Gasteiger partial charge in [-0.15, -0.1) is 0 Å². The van der Waals surface area contributed by atoms with Crippen molar-refractivity contribution in [3.8, 4) is 0 Å². The molecule has 0 saturated heterocycles. The van der Waals surface area contributed by atoms with Crippen LogP contribution in [0, 0.1) is 11.8 Å². The van der Waals surface area contributed by atoms with E-state index in [2.05, 4.69) is 6.92 Å². The highest BCUT2D eigenvalue weighted by atomic mass is 16.2. The van der Waals surface area contributed by atoms with E-state index in [1.165, 1.54) is 12.8 Å². The van der Waals surface area contributed by atoms with Crippen LogP contribution in [0.5, 0.6) is 0 Å². The quantitative estimate of drug-likeness (QED) is 0.585. The lowest BCUT2D eigenvalue weighted by atomic mass is 10.3. The van der Waals surface area contributed by atoms with Crippen LogP contribution in [0.4, 0.5) is 0 Å². The smallest absolute Gasteiger partial charge is 0.225 e. The monoisotopic (exact) mass is 153 g/mol. The van der Waals surface area contributed by atoms with Crippen molar-refractivity contribution in [2.75, 3.05) is 7.05 Å². The highest BCUT2D eigenvalue weighted by Crippen LogP contribution is 2.40. The molecule has 0 heterocycles. The summed E-state index contributed by atoms with van der Waals surface area (Å²) >= 11 is 0. The molecule has 0 N–H and O–H groups in total. The molecule has 0 aromatic heterocycles. The standard InChI is InChI=1S/C9H15NO/c1-6-5-8(6)9(11)10(2)7-3-4-7/h6-8H,3-5H2,1-2H3/t6-,8-/m1/s1. The number of carbonyl (C=O) groups excluding carboxylic acids is 1. The fourth-order valence-corrected chi connectivity index (χ4v) is 1.57. The van der Waals surface area contributed by atoms with E-state index >= 15 is 0 Å². The van der Waals surface area contributed by atoms with Crippen LogP contribution in [0.25, 0.3) is 0 Å². The van der Waals surface area contributed by atoms with Gasteiger partial charge in [0.25, 0.3) is 0 Å². The van der Waals surface area contributed by atoms with Gasteiger partial charge in [-0.25, -0.2) is 0 Å². The SMILES string of the molecule is C[C@@H]1C[C@H]1C(=O)N(C)C1CC1. The number of hydrogen-bond acceptors (Lipinski definition) is 1. The Balaban J connectivity index is 1.88. The van der Waals surface area contributed by atoms with E-state index < -0.39 is 0 Å². The van der Waals surface area contributed by atoms with Crippen LogP contribution < -0.4 is 0 Å². The second-order valence-electron chi connectivity index (χ2n) is 4.00. The lowest BCUT2D eigenvalue weighted by molar-refractivity contribution is -0.132. The molecular formula is C9H15NO. The van der Waals surface area contributed by atoms with Crippen LogP contribution in [0.15, 0.2) is 0 Å². The van der Waals surface area contributed by atoms with E-state index in [1.54, 1.807) is 0 Å². The molecule has 2 saturated carbocycles. The third-order valence-corrected chi connectivity index (χ3v) is 2.87. The minimum absolute atomic E-state index is 0.376. The molecule has 11 heavy (non-hydrogen) atoms. The summed E-state index contributed by atoms with van der Waals surface area (Å²) in [6.07, 6.45) is 3.57. The van der Waals surface area contributed by atoms with Gasteiger partial charge in [-0.05, 0) is 25.2 Å². The number of amides is 1. The molecule has 0 aromatic rings. The molecule has 2 aliphatic rings. The van der Waals surface area contributed by atoms with Crippen molar-refractivity contribution >= 4 is 5.91 Å². The fourth-order valence-electron chi connectivity index (χ4n) is 1.57. The Morgan fingerprint density at radius 2 is 2.00 bits per heavy atom. The maximum absolute atomic E-state index is 11.5. The van der Waals surface area contributed by atoms with E-state index in [0.29, 0.717) is 23.8 Å². The van der Waals surface area contributed by atoms with Crippen molar-refractivity contribution in [2.45, 2.75) is 32.2 Å². The van der Waals surface area contributed by atoms with E-state index in [1.807, 2.05) is 11.9 Å². The van der Waals surface area contributed by atoms with Crippen molar-refractivity contribution in [2.24, 2.45) is 11.8 Å². The van der Waals surface area contributed by atoms with Crippen molar-refractivity contribution in [3.63, 3.8) is 0 Å². The van der Waals surface area contributed by atoms with Gasteiger partial charge in [0.15, 0.2) is 0 Å². The molecule has 2 atom stereocenters. The van der Waals surface area contributed by atoms with Gasteiger partial charge in [0.05, 0.1) is 0 Å². The molecular weight excluding hydrogens is 138 g/mol. The number of rotatable bonds is 2. The summed E-state index contributed by atoms with van der Waals surface area (Å²) in [5, 5.41) is 0. The molecule has 0 radical (unpaired) electrons. The van der Waals surface area contributed by atoms with Crippen molar-refractivity contribution < 1.29 is 4.79 Å². The number of hydrogen-bond donors (Lipinski definition) is 0. The largest absolute Gasteiger partial charge is 0.343 e. The zero-order valence-electron chi connectivity index (χ0n) is 7.21. The summed E-state index contributed by atoms with van der Waals surface area (Å²) in [6, 6.07) is 0.593. The summed E-state index contributed by atoms with van der Waals surface area (Å²) in [4.78, 5) is 13.5. The molecule has 1 amide bonds. The Labute approximate surface area is 67.6 Å². The van der Waals surface area contributed by atoms with Gasteiger partial charge in [-0.3, -0.25) is 4.79 Å². The molecule has 2 fully saturated rings. The van der Waals surface area contributed by atoms with Crippen molar-refractivity contribution in [1.29, 1.82) is 0 Å². The van der Waals surface area contributed by atoms with E-state index in [-0.39, 0.29) is 0 Å². The predicted molar refractivity (Wildman–Crippen MR) is 43.1 cm³/mol. The molecule has 0 aromatic carbocycles. The highest BCUT2D eigenvalue weighted by molar-refractivity contribution is 5.81. The van der Waals surface area contributed by atoms with E-state index in [0.717, 1.165) is 6.42 Å². The molecule has 62 valence electrons. The van der Waals surface area contributed by atoms with Crippen molar-refractivity contribution in [1.82, 2.24) is 4.90 Å². The third kappa shape index (κ3) is 1.26. The summed E-state index contributed by atoms with van der Waals surface area (Å²) in [5.74, 6) is 1.42. The normalized spacial score (nSPS) is 35.1. The third-order valence-electron chi connectivity index (χ3n) is 2.87. The minimum atomic E-state index is 0.376.